The number of methoxy groups -OCH3 is 1. The molecule has 0 bridgehead atoms. The molecule has 166 valence electrons. The van der Waals surface area contributed by atoms with Crippen LogP contribution in [0.2, 0.25) is 0 Å². The normalized spacial score (nSPS) is 10.6. The lowest BCUT2D eigenvalue weighted by atomic mass is 10.2. The molecule has 0 saturated heterocycles. The van der Waals surface area contributed by atoms with Crippen LogP contribution in [0.1, 0.15) is 5.56 Å². The van der Waals surface area contributed by atoms with Gasteiger partial charge in [-0.05, 0) is 17.7 Å². The highest BCUT2D eigenvalue weighted by Crippen LogP contribution is 2.14. The van der Waals surface area contributed by atoms with Crippen molar-refractivity contribution < 1.29 is 19.3 Å². The van der Waals surface area contributed by atoms with Crippen LogP contribution in [0.25, 0.3) is 0 Å². The molecule has 2 rings (SSSR count). The van der Waals surface area contributed by atoms with Crippen molar-refractivity contribution >= 4 is 17.8 Å². The fourth-order valence-corrected chi connectivity index (χ4v) is 2.35. The van der Waals surface area contributed by atoms with Gasteiger partial charge in [-0.3, -0.25) is 0 Å². The van der Waals surface area contributed by atoms with Gasteiger partial charge < -0.3 is 41.0 Å². The lowest BCUT2D eigenvalue weighted by Crippen LogP contribution is -2.17. The van der Waals surface area contributed by atoms with Gasteiger partial charge >= 0.3 is 0 Å². The summed E-state index contributed by atoms with van der Waals surface area (Å²) < 4.78 is 15.9. The number of anilines is 3. The van der Waals surface area contributed by atoms with Crippen molar-refractivity contribution in [2.75, 3.05) is 75.7 Å². The number of ether oxygens (including phenoxy) is 3. The molecule has 11 nitrogen and oxygen atoms in total. The number of aliphatic hydroxyl groups is 1. The van der Waals surface area contributed by atoms with Crippen molar-refractivity contribution in [1.82, 2.24) is 15.0 Å². The number of nitrogens with zero attached hydrogens (tertiary/aromatic N) is 3. The van der Waals surface area contributed by atoms with Crippen LogP contribution in [0, 0.1) is 0 Å². The topological polar surface area (TPSA) is 149 Å². The fourth-order valence-electron chi connectivity index (χ4n) is 2.35. The van der Waals surface area contributed by atoms with Gasteiger partial charge in [0.15, 0.2) is 0 Å². The summed E-state index contributed by atoms with van der Waals surface area (Å²) in [5.41, 5.74) is 6.41. The van der Waals surface area contributed by atoms with Gasteiger partial charge in [-0.1, -0.05) is 12.1 Å². The summed E-state index contributed by atoms with van der Waals surface area (Å²) in [6.07, 6.45) is 0. The second kappa shape index (κ2) is 14.3. The highest BCUT2D eigenvalue weighted by atomic mass is 16.5. The van der Waals surface area contributed by atoms with Gasteiger partial charge in [-0.15, -0.1) is 0 Å². The van der Waals surface area contributed by atoms with Gasteiger partial charge in [0, 0.05) is 26.2 Å². The van der Waals surface area contributed by atoms with Crippen LogP contribution in [0.15, 0.2) is 24.3 Å². The van der Waals surface area contributed by atoms with Crippen LogP contribution in [-0.2, 0) is 16.0 Å². The summed E-state index contributed by atoms with van der Waals surface area (Å²) in [7, 11) is 1.63. The van der Waals surface area contributed by atoms with E-state index >= 15 is 0 Å². The number of aromatic nitrogens is 3. The summed E-state index contributed by atoms with van der Waals surface area (Å²) in [5, 5.41) is 18.3. The third-order valence-corrected chi connectivity index (χ3v) is 3.80. The van der Waals surface area contributed by atoms with Crippen molar-refractivity contribution in [2.45, 2.75) is 6.54 Å². The molecule has 1 heterocycles. The van der Waals surface area contributed by atoms with Crippen LogP contribution >= 0.6 is 0 Å². The number of hydrogen-bond acceptors (Lipinski definition) is 11. The van der Waals surface area contributed by atoms with E-state index in [9.17, 15) is 0 Å². The smallest absolute Gasteiger partial charge is 0.229 e. The molecule has 0 unspecified atom stereocenters. The standard InChI is InChI=1S/C19H31N7O4/c1-28-16-4-2-15(3-5-16)14-23-19-25-17(21-7-9-27)24-18(26-19)22-8-11-30-13-12-29-10-6-20/h2-5,27H,6-14,20H2,1H3,(H3,21,22,23,24,25,26). The van der Waals surface area contributed by atoms with Crippen LogP contribution in [0.5, 0.6) is 5.75 Å². The molecule has 0 aliphatic carbocycles. The summed E-state index contributed by atoms with van der Waals surface area (Å²) in [6.45, 7) is 3.90. The van der Waals surface area contributed by atoms with E-state index in [1.165, 1.54) is 0 Å². The van der Waals surface area contributed by atoms with Gasteiger partial charge in [-0.2, -0.15) is 15.0 Å². The Hall–Kier alpha value is -2.73. The Labute approximate surface area is 176 Å². The van der Waals surface area contributed by atoms with Crippen LogP contribution in [0.3, 0.4) is 0 Å². The summed E-state index contributed by atoms with van der Waals surface area (Å²) >= 11 is 0. The average Bonchev–Trinajstić information content (AvgIpc) is 2.78. The van der Waals surface area contributed by atoms with Crippen LogP contribution < -0.4 is 26.4 Å². The molecule has 0 radical (unpaired) electrons. The van der Waals surface area contributed by atoms with Gasteiger partial charge in [0.2, 0.25) is 17.8 Å². The molecule has 30 heavy (non-hydrogen) atoms. The molecule has 0 amide bonds. The van der Waals surface area contributed by atoms with E-state index in [1.54, 1.807) is 7.11 Å². The van der Waals surface area contributed by atoms with E-state index in [0.717, 1.165) is 11.3 Å². The van der Waals surface area contributed by atoms with Gasteiger partial charge in [0.25, 0.3) is 0 Å². The van der Waals surface area contributed by atoms with E-state index in [2.05, 4.69) is 30.9 Å². The van der Waals surface area contributed by atoms with E-state index in [0.29, 0.717) is 70.5 Å². The second-order valence-electron chi connectivity index (χ2n) is 6.10. The number of rotatable bonds is 16. The third-order valence-electron chi connectivity index (χ3n) is 3.80. The number of hydrogen-bond donors (Lipinski definition) is 5. The Morgan fingerprint density at radius 3 is 2.03 bits per heavy atom. The van der Waals surface area contributed by atoms with E-state index in [4.69, 9.17) is 25.1 Å². The molecule has 0 saturated carbocycles. The van der Waals surface area contributed by atoms with Crippen LogP contribution in [-0.4, -0.2) is 79.8 Å². The van der Waals surface area contributed by atoms with Crippen molar-refractivity contribution in [2.24, 2.45) is 5.73 Å². The number of nitrogens with two attached hydrogens (primary N) is 1. The molecular formula is C19H31N7O4. The average molecular weight is 422 g/mol. The molecule has 0 aliphatic heterocycles. The Morgan fingerprint density at radius 2 is 1.43 bits per heavy atom. The van der Waals surface area contributed by atoms with Crippen molar-refractivity contribution in [3.63, 3.8) is 0 Å². The Morgan fingerprint density at radius 1 is 0.833 bits per heavy atom. The highest BCUT2D eigenvalue weighted by molar-refractivity contribution is 5.42. The molecule has 0 fully saturated rings. The molecule has 0 atom stereocenters. The van der Waals surface area contributed by atoms with Gasteiger partial charge in [0.1, 0.15) is 5.75 Å². The highest BCUT2D eigenvalue weighted by Gasteiger charge is 2.06. The van der Waals surface area contributed by atoms with Gasteiger partial charge in [0.05, 0.1) is 40.1 Å². The zero-order valence-electron chi connectivity index (χ0n) is 17.3. The minimum absolute atomic E-state index is 0.0247. The van der Waals surface area contributed by atoms with Gasteiger partial charge in [-0.25, -0.2) is 0 Å². The third kappa shape index (κ3) is 9.18. The molecule has 11 heteroatoms. The lowest BCUT2D eigenvalue weighted by molar-refractivity contribution is 0.0547. The molecule has 0 aliphatic rings. The van der Waals surface area contributed by atoms with Crippen molar-refractivity contribution in [3.8, 4) is 5.75 Å². The number of benzene rings is 1. The maximum absolute atomic E-state index is 9.03. The molecule has 1 aromatic carbocycles. The first-order chi connectivity index (χ1) is 14.7. The van der Waals surface area contributed by atoms with E-state index in [-0.39, 0.29) is 6.61 Å². The molecule has 1 aromatic heterocycles. The number of aliphatic hydroxyl groups excluding tert-OH is 1. The molecular weight excluding hydrogens is 390 g/mol. The zero-order chi connectivity index (χ0) is 21.4. The lowest BCUT2D eigenvalue weighted by Gasteiger charge is -2.11. The summed E-state index contributed by atoms with van der Waals surface area (Å²) in [4.78, 5) is 13.0. The minimum atomic E-state index is -0.0247. The summed E-state index contributed by atoms with van der Waals surface area (Å²) in [6, 6.07) is 7.72. The Balaban J connectivity index is 1.86. The molecule has 6 N–H and O–H groups in total. The Bertz CT molecular complexity index is 719. The first-order valence-electron chi connectivity index (χ1n) is 9.82. The molecule has 0 spiro atoms. The zero-order valence-corrected chi connectivity index (χ0v) is 17.3. The molecule has 2 aromatic rings. The van der Waals surface area contributed by atoms with Crippen molar-refractivity contribution in [3.05, 3.63) is 29.8 Å². The predicted molar refractivity (Wildman–Crippen MR) is 115 cm³/mol. The quantitative estimate of drug-likeness (QED) is 0.238. The van der Waals surface area contributed by atoms with E-state index < -0.39 is 0 Å². The maximum atomic E-state index is 9.03. The van der Waals surface area contributed by atoms with Crippen molar-refractivity contribution in [1.29, 1.82) is 0 Å². The first kappa shape index (κ1) is 23.5. The second-order valence-corrected chi connectivity index (χ2v) is 6.10. The SMILES string of the molecule is COc1ccc(CNc2nc(NCCO)nc(NCCOCCOCCN)n2)cc1. The first-order valence-corrected chi connectivity index (χ1v) is 9.82. The minimum Gasteiger partial charge on any atom is -0.497 e. The summed E-state index contributed by atoms with van der Waals surface area (Å²) in [5.74, 6) is 1.99. The largest absolute Gasteiger partial charge is 0.497 e. The monoisotopic (exact) mass is 421 g/mol. The van der Waals surface area contributed by atoms with Crippen LogP contribution in [0.4, 0.5) is 17.8 Å². The Kier molecular flexibility index (Phi) is 11.2. The van der Waals surface area contributed by atoms with E-state index in [1.807, 2.05) is 24.3 Å². The fraction of sp³-hybridized carbons (Fsp3) is 0.526. The number of nitrogens with one attached hydrogen (secondary N) is 3. The predicted octanol–water partition coefficient (Wildman–Crippen LogP) is 0.300. The maximum Gasteiger partial charge on any atom is 0.229 e.